The van der Waals surface area contributed by atoms with Crippen molar-refractivity contribution in [1.29, 1.82) is 0 Å². The normalized spacial score (nSPS) is 16.3. The van der Waals surface area contributed by atoms with Crippen molar-refractivity contribution in [1.82, 2.24) is 20.3 Å². The van der Waals surface area contributed by atoms with Crippen molar-refractivity contribution in [3.05, 3.63) is 88.6 Å². The topological polar surface area (TPSA) is 109 Å². The van der Waals surface area contributed by atoms with Crippen LogP contribution in [0.15, 0.2) is 65.7 Å². The van der Waals surface area contributed by atoms with Gasteiger partial charge in [0, 0.05) is 30.8 Å². The fraction of sp³-hybridized carbons (Fsp3) is 0.419. The van der Waals surface area contributed by atoms with Gasteiger partial charge < -0.3 is 15.4 Å². The zero-order valence-corrected chi connectivity index (χ0v) is 25.4. The minimum atomic E-state index is -4.72. The molecule has 1 aliphatic carbocycles. The summed E-state index contributed by atoms with van der Waals surface area (Å²) in [5.41, 5.74) is 2.56. The number of benzene rings is 2. The van der Waals surface area contributed by atoms with Crippen LogP contribution < -0.4 is 20.1 Å². The zero-order valence-electron chi connectivity index (χ0n) is 24.6. The number of aryl methyl sites for hydroxylation is 1. The van der Waals surface area contributed by atoms with Crippen molar-refractivity contribution >= 4 is 15.9 Å². The molecule has 3 N–H and O–H groups in total. The first-order valence-corrected chi connectivity index (χ1v) is 15.5. The summed E-state index contributed by atoms with van der Waals surface area (Å²) in [5, 5.41) is 6.52. The van der Waals surface area contributed by atoms with E-state index in [1.807, 2.05) is 12.1 Å². The maximum Gasteiger partial charge on any atom is 0.416 e. The first-order chi connectivity index (χ1) is 20.1. The number of carbonyl (C=O) groups excluding carboxylic acids is 1. The van der Waals surface area contributed by atoms with Crippen molar-refractivity contribution < 1.29 is 31.1 Å². The molecule has 0 spiro atoms. The Kier molecular flexibility index (Phi) is 9.83. The number of fused-ring (bicyclic) bond motifs is 1. The SMILES string of the molecule is COc1ccc([C@@H](CC(=O)N[C@@H]2CCCc3cc(CNC(C)(C)C)ccc32)NS(=O)(=O)c2cccc(C(F)(F)F)c2)cn1. The molecular formula is C31H37F3N4O4S. The molecule has 4 rings (SSSR count). The highest BCUT2D eigenvalue weighted by molar-refractivity contribution is 7.89. The Hall–Kier alpha value is -3.48. The molecule has 0 saturated heterocycles. The van der Waals surface area contributed by atoms with E-state index in [4.69, 9.17) is 4.74 Å². The molecule has 2 aromatic carbocycles. The molecule has 0 radical (unpaired) electrons. The third-order valence-corrected chi connectivity index (χ3v) is 8.68. The number of alkyl halides is 3. The quantitative estimate of drug-likeness (QED) is 0.273. The Morgan fingerprint density at radius 2 is 1.86 bits per heavy atom. The molecule has 3 aromatic rings. The molecule has 0 unspecified atom stereocenters. The number of amides is 1. The van der Waals surface area contributed by atoms with Gasteiger partial charge in [-0.1, -0.05) is 30.3 Å². The Morgan fingerprint density at radius 1 is 1.09 bits per heavy atom. The van der Waals surface area contributed by atoms with Crippen LogP contribution >= 0.6 is 0 Å². The molecule has 0 saturated carbocycles. The Balaban J connectivity index is 1.54. The number of hydrogen-bond donors (Lipinski definition) is 3. The third-order valence-electron chi connectivity index (χ3n) is 7.21. The van der Waals surface area contributed by atoms with Gasteiger partial charge in [0.05, 0.1) is 29.7 Å². The van der Waals surface area contributed by atoms with E-state index in [1.54, 1.807) is 6.07 Å². The highest BCUT2D eigenvalue weighted by atomic mass is 32.2. The number of pyridine rings is 1. The average Bonchev–Trinajstić information content (AvgIpc) is 2.95. The van der Waals surface area contributed by atoms with Gasteiger partial charge in [-0.15, -0.1) is 0 Å². The highest BCUT2D eigenvalue weighted by Crippen LogP contribution is 2.33. The molecule has 1 amide bonds. The molecule has 8 nitrogen and oxygen atoms in total. The van der Waals surface area contributed by atoms with Crippen molar-refractivity contribution in [3.8, 4) is 5.88 Å². The third kappa shape index (κ3) is 8.77. The summed E-state index contributed by atoms with van der Waals surface area (Å²) in [6, 6.07) is 11.4. The largest absolute Gasteiger partial charge is 0.481 e. The number of sulfonamides is 1. The summed E-state index contributed by atoms with van der Waals surface area (Å²) in [4.78, 5) is 16.9. The summed E-state index contributed by atoms with van der Waals surface area (Å²) in [5.74, 6) is -0.132. The summed E-state index contributed by atoms with van der Waals surface area (Å²) in [6.45, 7) is 7.03. The lowest BCUT2D eigenvalue weighted by atomic mass is 9.86. The lowest BCUT2D eigenvalue weighted by molar-refractivity contribution is -0.137. The molecule has 1 aromatic heterocycles. The van der Waals surface area contributed by atoms with Gasteiger partial charge in [-0.2, -0.15) is 13.2 Å². The van der Waals surface area contributed by atoms with Crippen LogP contribution in [0.3, 0.4) is 0 Å². The zero-order chi connectivity index (χ0) is 31.4. The Bertz CT molecular complexity index is 1540. The van der Waals surface area contributed by atoms with E-state index in [2.05, 4.69) is 47.2 Å². The van der Waals surface area contributed by atoms with E-state index in [0.29, 0.717) is 11.6 Å². The number of rotatable bonds is 10. The van der Waals surface area contributed by atoms with Crippen LogP contribution in [0.25, 0.3) is 0 Å². The Labute approximate surface area is 250 Å². The van der Waals surface area contributed by atoms with Crippen LogP contribution in [0.4, 0.5) is 13.2 Å². The minimum absolute atomic E-state index is 0.0228. The fourth-order valence-corrected chi connectivity index (χ4v) is 6.24. The molecule has 2 atom stereocenters. The van der Waals surface area contributed by atoms with Crippen LogP contribution in [0.5, 0.6) is 5.88 Å². The van der Waals surface area contributed by atoms with Gasteiger partial charge in [0.1, 0.15) is 0 Å². The van der Waals surface area contributed by atoms with Crippen molar-refractivity contribution in [3.63, 3.8) is 0 Å². The number of ether oxygens (including phenoxy) is 1. The predicted molar refractivity (Wildman–Crippen MR) is 157 cm³/mol. The molecule has 232 valence electrons. The van der Waals surface area contributed by atoms with E-state index in [-0.39, 0.29) is 23.9 Å². The molecule has 0 fully saturated rings. The van der Waals surface area contributed by atoms with Crippen LogP contribution in [-0.2, 0) is 34.0 Å². The molecule has 43 heavy (non-hydrogen) atoms. The van der Waals surface area contributed by atoms with Crippen LogP contribution in [0.1, 0.15) is 79.9 Å². The molecule has 1 heterocycles. The van der Waals surface area contributed by atoms with Gasteiger partial charge in [-0.3, -0.25) is 4.79 Å². The molecule has 0 aliphatic heterocycles. The Morgan fingerprint density at radius 3 is 2.51 bits per heavy atom. The molecule has 1 aliphatic rings. The van der Waals surface area contributed by atoms with Crippen LogP contribution in [0.2, 0.25) is 0 Å². The van der Waals surface area contributed by atoms with E-state index >= 15 is 0 Å². The van der Waals surface area contributed by atoms with E-state index in [9.17, 15) is 26.4 Å². The predicted octanol–water partition coefficient (Wildman–Crippen LogP) is 5.60. The monoisotopic (exact) mass is 618 g/mol. The number of hydrogen-bond acceptors (Lipinski definition) is 6. The summed E-state index contributed by atoms with van der Waals surface area (Å²) in [6.07, 6.45) is -1.15. The average molecular weight is 619 g/mol. The lowest BCUT2D eigenvalue weighted by Crippen LogP contribution is -2.36. The van der Waals surface area contributed by atoms with Crippen molar-refractivity contribution in [2.45, 2.75) is 81.7 Å². The van der Waals surface area contributed by atoms with Crippen molar-refractivity contribution in [2.24, 2.45) is 0 Å². The van der Waals surface area contributed by atoms with Gasteiger partial charge >= 0.3 is 6.18 Å². The van der Waals surface area contributed by atoms with Gasteiger partial charge in [0.2, 0.25) is 21.8 Å². The van der Waals surface area contributed by atoms with Gasteiger partial charge in [-0.25, -0.2) is 18.1 Å². The number of aromatic nitrogens is 1. The second-order valence-corrected chi connectivity index (χ2v) is 13.4. The van der Waals surface area contributed by atoms with E-state index in [1.165, 1.54) is 19.4 Å². The van der Waals surface area contributed by atoms with Gasteiger partial charge in [0.15, 0.2) is 0 Å². The van der Waals surface area contributed by atoms with Gasteiger partial charge in [0.25, 0.3) is 0 Å². The highest BCUT2D eigenvalue weighted by Gasteiger charge is 2.33. The first-order valence-electron chi connectivity index (χ1n) is 14.0. The van der Waals surface area contributed by atoms with Crippen molar-refractivity contribution in [2.75, 3.05) is 7.11 Å². The van der Waals surface area contributed by atoms with E-state index in [0.717, 1.165) is 60.7 Å². The number of nitrogens with zero attached hydrogens (tertiary/aromatic N) is 1. The second kappa shape index (κ2) is 13.0. The first kappa shape index (κ1) is 32.4. The fourth-order valence-electron chi connectivity index (χ4n) is 4.97. The van der Waals surface area contributed by atoms with Crippen LogP contribution in [0, 0.1) is 0 Å². The second-order valence-electron chi connectivity index (χ2n) is 11.7. The summed E-state index contributed by atoms with van der Waals surface area (Å²) in [7, 11) is -3.02. The van der Waals surface area contributed by atoms with E-state index < -0.39 is 38.6 Å². The number of halogens is 3. The number of carbonyl (C=O) groups is 1. The molecule has 0 bridgehead atoms. The lowest BCUT2D eigenvalue weighted by Gasteiger charge is -2.28. The van der Waals surface area contributed by atoms with Crippen LogP contribution in [-0.4, -0.2) is 32.0 Å². The molecule has 12 heteroatoms. The minimum Gasteiger partial charge on any atom is -0.481 e. The smallest absolute Gasteiger partial charge is 0.416 e. The maximum atomic E-state index is 13.4. The van der Waals surface area contributed by atoms with Gasteiger partial charge in [-0.05, 0) is 80.5 Å². The molecular weight excluding hydrogens is 581 g/mol. The standard InChI is InChI=1S/C31H37F3N4O4S/c1-30(2,3)36-18-20-11-13-25-21(15-20)7-5-10-26(25)37-28(39)17-27(22-12-14-29(42-4)35-19-22)38-43(40,41)24-9-6-8-23(16-24)31(32,33)34/h6,8-9,11-16,19,26-27,36,38H,5,7,10,17-18H2,1-4H3,(H,37,39)/t26-,27-/m1/s1. The summed E-state index contributed by atoms with van der Waals surface area (Å²) >= 11 is 0. The maximum absolute atomic E-state index is 13.4. The summed E-state index contributed by atoms with van der Waals surface area (Å²) < 4.78 is 73.8. The number of methoxy groups -OCH3 is 1. The number of nitrogens with one attached hydrogen (secondary N) is 3.